The highest BCUT2D eigenvalue weighted by Gasteiger charge is 2.07. The molecule has 4 N–H and O–H groups in total. The highest BCUT2D eigenvalue weighted by molar-refractivity contribution is 7.96. The van der Waals surface area contributed by atoms with Crippen LogP contribution < -0.4 is 5.73 Å². The summed E-state index contributed by atoms with van der Waals surface area (Å²) in [6.45, 7) is 2.60. The number of nitrogens with one attached hydrogen (secondary N) is 2. The van der Waals surface area contributed by atoms with E-state index in [0.717, 1.165) is 0 Å². The number of amidine groups is 2. The van der Waals surface area contributed by atoms with E-state index in [1.165, 1.54) is 11.9 Å². The Labute approximate surface area is 64.9 Å². The topological polar surface area (TPSA) is 77.0 Å². The fraction of sp³-hybridized carbons (Fsp3) is 0.600. The zero-order valence-electron chi connectivity index (χ0n) is 6.14. The maximum Gasteiger partial charge on any atom is 0.173 e. The summed E-state index contributed by atoms with van der Waals surface area (Å²) in [5.41, 5.74) is 5.09. The Morgan fingerprint density at radius 3 is 2.20 bits per heavy atom. The van der Waals surface area contributed by atoms with Gasteiger partial charge in [0.1, 0.15) is 0 Å². The lowest BCUT2D eigenvalue weighted by Crippen LogP contribution is -2.34. The van der Waals surface area contributed by atoms with Crippen LogP contribution >= 0.6 is 11.9 Å². The normalized spacial score (nSPS) is 9.00. The average Bonchev–Trinajstić information content (AvgIpc) is 1.90. The zero-order valence-corrected chi connectivity index (χ0v) is 6.96. The Kier molecular flexibility index (Phi) is 3.87. The van der Waals surface area contributed by atoms with Gasteiger partial charge in [-0.1, -0.05) is 11.9 Å². The van der Waals surface area contributed by atoms with Gasteiger partial charge in [0.05, 0.1) is 0 Å². The molecule has 58 valence electrons. The first-order valence-electron chi connectivity index (χ1n) is 2.88. The van der Waals surface area contributed by atoms with Gasteiger partial charge in [0.15, 0.2) is 11.7 Å². The van der Waals surface area contributed by atoms with Crippen LogP contribution in [0.2, 0.25) is 0 Å². The predicted octanol–water partition coefficient (Wildman–Crippen LogP) is 0.500. The second-order valence-corrected chi connectivity index (χ2v) is 2.45. The molecule has 0 unspecified atom stereocenters. The lowest BCUT2D eigenvalue weighted by Gasteiger charge is -2.18. The Hall–Kier alpha value is -0.710. The first kappa shape index (κ1) is 9.29. The molecule has 0 aromatic heterocycles. The summed E-state index contributed by atoms with van der Waals surface area (Å²) in [7, 11) is 0. The first-order valence-corrected chi connectivity index (χ1v) is 4.06. The van der Waals surface area contributed by atoms with Crippen LogP contribution in [-0.4, -0.2) is 28.8 Å². The van der Waals surface area contributed by atoms with E-state index in [1.807, 2.05) is 13.2 Å². The molecule has 0 rings (SSSR count). The number of likely N-dealkylation sites (N-methyl/N-ethyl adjacent to an activating group) is 1. The SMILES string of the molecule is CCN(SC)C(=N)C(=N)N. The van der Waals surface area contributed by atoms with E-state index in [2.05, 4.69) is 0 Å². The van der Waals surface area contributed by atoms with E-state index in [9.17, 15) is 0 Å². The van der Waals surface area contributed by atoms with Crippen molar-refractivity contribution in [1.82, 2.24) is 4.31 Å². The van der Waals surface area contributed by atoms with Crippen molar-refractivity contribution in [2.45, 2.75) is 6.92 Å². The van der Waals surface area contributed by atoms with Gasteiger partial charge >= 0.3 is 0 Å². The molecule has 0 aromatic rings. The number of hydrogen-bond acceptors (Lipinski definition) is 3. The summed E-state index contributed by atoms with van der Waals surface area (Å²) in [4.78, 5) is 0. The number of nitrogens with zero attached hydrogens (tertiary/aromatic N) is 1. The molecule has 0 heterocycles. The molecule has 10 heavy (non-hydrogen) atoms. The second-order valence-electron chi connectivity index (χ2n) is 1.64. The number of rotatable bonds is 2. The molecule has 0 fully saturated rings. The Bertz CT molecular complexity index is 141. The minimum atomic E-state index is -0.184. The highest BCUT2D eigenvalue weighted by Crippen LogP contribution is 2.03. The van der Waals surface area contributed by atoms with Crippen LogP contribution in [0.4, 0.5) is 0 Å². The fourth-order valence-electron chi connectivity index (χ4n) is 0.513. The second kappa shape index (κ2) is 4.16. The molecule has 0 spiro atoms. The zero-order chi connectivity index (χ0) is 8.15. The van der Waals surface area contributed by atoms with E-state index in [0.29, 0.717) is 6.54 Å². The number of nitrogens with two attached hydrogens (primary N) is 1. The van der Waals surface area contributed by atoms with Gasteiger partial charge in [0.25, 0.3) is 0 Å². The van der Waals surface area contributed by atoms with Crippen LogP contribution in [0, 0.1) is 10.8 Å². The van der Waals surface area contributed by atoms with Crippen LogP contribution in [0.5, 0.6) is 0 Å². The van der Waals surface area contributed by atoms with Crippen LogP contribution in [0.25, 0.3) is 0 Å². The van der Waals surface area contributed by atoms with E-state index in [4.69, 9.17) is 16.6 Å². The summed E-state index contributed by atoms with van der Waals surface area (Å²) < 4.78 is 1.64. The third-order valence-electron chi connectivity index (χ3n) is 1.01. The molecule has 0 radical (unpaired) electrons. The lowest BCUT2D eigenvalue weighted by molar-refractivity contribution is 0.719. The largest absolute Gasteiger partial charge is 0.381 e. The molecule has 0 aliphatic carbocycles. The van der Waals surface area contributed by atoms with Gasteiger partial charge in [0, 0.05) is 12.8 Å². The van der Waals surface area contributed by atoms with Gasteiger partial charge < -0.3 is 5.73 Å². The van der Waals surface area contributed by atoms with Crippen LogP contribution in [-0.2, 0) is 0 Å². The molecule has 0 aliphatic heterocycles. The molecule has 0 saturated carbocycles. The van der Waals surface area contributed by atoms with Gasteiger partial charge in [-0.25, -0.2) is 0 Å². The molecule has 4 nitrogen and oxygen atoms in total. The van der Waals surface area contributed by atoms with Crippen molar-refractivity contribution in [1.29, 1.82) is 10.8 Å². The molecule has 0 aromatic carbocycles. The van der Waals surface area contributed by atoms with E-state index in [1.54, 1.807) is 4.31 Å². The van der Waals surface area contributed by atoms with Crippen molar-refractivity contribution in [3.63, 3.8) is 0 Å². The van der Waals surface area contributed by atoms with Crippen LogP contribution in [0.3, 0.4) is 0 Å². The first-order chi connectivity index (χ1) is 4.63. The summed E-state index contributed by atoms with van der Waals surface area (Å²) in [5.74, 6) is -0.105. The lowest BCUT2D eigenvalue weighted by atomic mass is 10.5. The Morgan fingerprint density at radius 1 is 1.60 bits per heavy atom. The Balaban J connectivity index is 4.02. The van der Waals surface area contributed by atoms with Crippen molar-refractivity contribution >= 4 is 23.6 Å². The predicted molar refractivity (Wildman–Crippen MR) is 45.5 cm³/mol. The average molecular weight is 160 g/mol. The van der Waals surface area contributed by atoms with Crippen molar-refractivity contribution < 1.29 is 0 Å². The van der Waals surface area contributed by atoms with Gasteiger partial charge in [-0.05, 0) is 6.92 Å². The third-order valence-corrected chi connectivity index (χ3v) is 1.89. The monoisotopic (exact) mass is 160 g/mol. The van der Waals surface area contributed by atoms with Gasteiger partial charge in [-0.15, -0.1) is 0 Å². The van der Waals surface area contributed by atoms with Crippen molar-refractivity contribution in [3.05, 3.63) is 0 Å². The maximum absolute atomic E-state index is 7.26. The minimum Gasteiger partial charge on any atom is -0.381 e. The maximum atomic E-state index is 7.26. The molecule has 0 saturated heterocycles. The molecule has 0 bridgehead atoms. The molecule has 0 aliphatic rings. The molecule has 5 heteroatoms. The molecular weight excluding hydrogens is 148 g/mol. The van der Waals surface area contributed by atoms with Crippen molar-refractivity contribution in [2.75, 3.05) is 12.8 Å². The highest BCUT2D eigenvalue weighted by atomic mass is 32.2. The van der Waals surface area contributed by atoms with E-state index < -0.39 is 0 Å². The van der Waals surface area contributed by atoms with Crippen molar-refractivity contribution in [3.8, 4) is 0 Å². The van der Waals surface area contributed by atoms with E-state index in [-0.39, 0.29) is 11.7 Å². The molecule has 0 atom stereocenters. The van der Waals surface area contributed by atoms with Gasteiger partial charge in [-0.2, -0.15) is 0 Å². The van der Waals surface area contributed by atoms with Gasteiger partial charge in [-0.3, -0.25) is 15.1 Å². The third kappa shape index (κ3) is 2.26. The smallest absolute Gasteiger partial charge is 0.173 e. The Morgan fingerprint density at radius 2 is 2.10 bits per heavy atom. The summed E-state index contributed by atoms with van der Waals surface area (Å²) >= 11 is 1.39. The summed E-state index contributed by atoms with van der Waals surface area (Å²) in [5, 5.41) is 14.2. The van der Waals surface area contributed by atoms with Gasteiger partial charge in [0.2, 0.25) is 0 Å². The van der Waals surface area contributed by atoms with Crippen molar-refractivity contribution in [2.24, 2.45) is 5.73 Å². The minimum absolute atomic E-state index is 0.0787. The van der Waals surface area contributed by atoms with Crippen LogP contribution in [0.15, 0.2) is 0 Å². The number of hydrogen-bond donors (Lipinski definition) is 3. The summed E-state index contributed by atoms with van der Waals surface area (Å²) in [6, 6.07) is 0. The molecular formula is C5H12N4S. The van der Waals surface area contributed by atoms with Crippen LogP contribution in [0.1, 0.15) is 6.92 Å². The standard InChI is InChI=1S/C5H12N4S/c1-3-9(10-2)5(8)4(6)7/h8H,3H2,1-2H3,(H3,6,7). The molecule has 0 amide bonds. The van der Waals surface area contributed by atoms with E-state index >= 15 is 0 Å². The quantitative estimate of drug-likeness (QED) is 0.313. The summed E-state index contributed by atoms with van der Waals surface area (Å²) in [6.07, 6.45) is 1.85. The fourth-order valence-corrected chi connectivity index (χ4v) is 1.05.